The molecule has 4 rings (SSSR count). The summed E-state index contributed by atoms with van der Waals surface area (Å²) in [5.74, 6) is 0.839. The average molecular weight is 317 g/mol. The predicted octanol–water partition coefficient (Wildman–Crippen LogP) is 1.96. The standard InChI is InChI=1S/C13H15N7OS/c14-11-10-12(22-7-15-10)19-13(18-11)17-8-5-16-20(6-8)9-1-3-21-4-2-9/h5-7,9H,1-4H2,(H3,14,17,18,19). The second-order valence-electron chi connectivity index (χ2n) is 5.12. The van der Waals surface area contributed by atoms with Gasteiger partial charge in [-0.15, -0.1) is 11.3 Å². The zero-order valence-electron chi connectivity index (χ0n) is 11.8. The Kier molecular flexibility index (Phi) is 3.35. The van der Waals surface area contributed by atoms with E-state index >= 15 is 0 Å². The van der Waals surface area contributed by atoms with Crippen LogP contribution in [-0.4, -0.2) is 37.9 Å². The Morgan fingerprint density at radius 1 is 1.32 bits per heavy atom. The number of nitrogens with one attached hydrogen (secondary N) is 1. The fourth-order valence-corrected chi connectivity index (χ4v) is 3.19. The minimum atomic E-state index is 0.380. The summed E-state index contributed by atoms with van der Waals surface area (Å²) in [5.41, 5.74) is 9.10. The molecule has 114 valence electrons. The highest BCUT2D eigenvalue weighted by Crippen LogP contribution is 2.25. The van der Waals surface area contributed by atoms with Crippen LogP contribution in [0.5, 0.6) is 0 Å². The lowest BCUT2D eigenvalue weighted by molar-refractivity contribution is 0.0662. The Morgan fingerprint density at radius 2 is 2.18 bits per heavy atom. The van der Waals surface area contributed by atoms with Gasteiger partial charge in [0.1, 0.15) is 5.52 Å². The van der Waals surface area contributed by atoms with Gasteiger partial charge in [0.25, 0.3) is 0 Å². The van der Waals surface area contributed by atoms with Gasteiger partial charge in [0.2, 0.25) is 5.95 Å². The molecule has 8 nitrogen and oxygen atoms in total. The van der Waals surface area contributed by atoms with Crippen LogP contribution in [0.1, 0.15) is 18.9 Å². The third-order valence-electron chi connectivity index (χ3n) is 3.65. The Bertz CT molecular complexity index is 793. The van der Waals surface area contributed by atoms with Crippen molar-refractivity contribution in [3.63, 3.8) is 0 Å². The van der Waals surface area contributed by atoms with E-state index in [9.17, 15) is 0 Å². The van der Waals surface area contributed by atoms with E-state index in [1.807, 2.05) is 10.9 Å². The number of nitrogens with two attached hydrogens (primary N) is 1. The number of nitrogens with zero attached hydrogens (tertiary/aromatic N) is 5. The molecule has 3 N–H and O–H groups in total. The van der Waals surface area contributed by atoms with Crippen molar-refractivity contribution in [2.24, 2.45) is 0 Å². The summed E-state index contributed by atoms with van der Waals surface area (Å²) >= 11 is 1.44. The minimum absolute atomic E-state index is 0.380. The van der Waals surface area contributed by atoms with Crippen LogP contribution in [0.15, 0.2) is 17.9 Å². The third-order valence-corrected chi connectivity index (χ3v) is 4.37. The lowest BCUT2D eigenvalue weighted by Crippen LogP contribution is -2.19. The van der Waals surface area contributed by atoms with E-state index in [2.05, 4.69) is 25.4 Å². The Hall–Kier alpha value is -2.26. The number of rotatable bonds is 3. The number of thiazole rings is 1. The van der Waals surface area contributed by atoms with Crippen molar-refractivity contribution < 1.29 is 4.74 Å². The van der Waals surface area contributed by atoms with E-state index < -0.39 is 0 Å². The van der Waals surface area contributed by atoms with Crippen LogP contribution in [0.4, 0.5) is 17.5 Å². The fraction of sp³-hybridized carbons (Fsp3) is 0.385. The first kappa shape index (κ1) is 13.4. The quantitative estimate of drug-likeness (QED) is 0.761. The van der Waals surface area contributed by atoms with Crippen LogP contribution in [-0.2, 0) is 4.74 Å². The maximum Gasteiger partial charge on any atom is 0.230 e. The highest BCUT2D eigenvalue weighted by molar-refractivity contribution is 7.16. The molecule has 22 heavy (non-hydrogen) atoms. The smallest absolute Gasteiger partial charge is 0.230 e. The second-order valence-corrected chi connectivity index (χ2v) is 5.95. The molecule has 9 heteroatoms. The first-order valence-corrected chi connectivity index (χ1v) is 7.93. The molecule has 1 saturated heterocycles. The molecule has 0 bridgehead atoms. The molecule has 1 aliphatic heterocycles. The van der Waals surface area contributed by atoms with Gasteiger partial charge < -0.3 is 15.8 Å². The van der Waals surface area contributed by atoms with E-state index in [4.69, 9.17) is 10.5 Å². The highest BCUT2D eigenvalue weighted by atomic mass is 32.1. The molecule has 0 atom stereocenters. The Balaban J connectivity index is 1.55. The molecule has 0 saturated carbocycles. The van der Waals surface area contributed by atoms with Crippen LogP contribution in [0.25, 0.3) is 10.3 Å². The number of fused-ring (bicyclic) bond motifs is 1. The summed E-state index contributed by atoms with van der Waals surface area (Å²) in [5, 5.41) is 7.56. The van der Waals surface area contributed by atoms with Gasteiger partial charge in [-0.2, -0.15) is 15.1 Å². The summed E-state index contributed by atoms with van der Waals surface area (Å²) in [7, 11) is 0. The van der Waals surface area contributed by atoms with Crippen molar-refractivity contribution in [1.82, 2.24) is 24.7 Å². The van der Waals surface area contributed by atoms with Crippen LogP contribution in [0.2, 0.25) is 0 Å². The second kappa shape index (κ2) is 5.50. The van der Waals surface area contributed by atoms with Gasteiger partial charge in [-0.1, -0.05) is 0 Å². The van der Waals surface area contributed by atoms with E-state index in [0.29, 0.717) is 23.3 Å². The van der Waals surface area contributed by atoms with Crippen molar-refractivity contribution >= 4 is 39.1 Å². The van der Waals surface area contributed by atoms with Crippen molar-refractivity contribution in [1.29, 1.82) is 0 Å². The van der Waals surface area contributed by atoms with E-state index in [0.717, 1.165) is 36.6 Å². The topological polar surface area (TPSA) is 104 Å². The molecule has 0 spiro atoms. The van der Waals surface area contributed by atoms with Crippen LogP contribution in [0.3, 0.4) is 0 Å². The summed E-state index contributed by atoms with van der Waals surface area (Å²) in [6, 6.07) is 0.388. The SMILES string of the molecule is Nc1nc(Nc2cnn(C3CCOCC3)c2)nc2scnc12. The zero-order valence-corrected chi connectivity index (χ0v) is 12.6. The van der Waals surface area contributed by atoms with E-state index in [1.54, 1.807) is 11.7 Å². The third kappa shape index (κ3) is 2.48. The minimum Gasteiger partial charge on any atom is -0.382 e. The summed E-state index contributed by atoms with van der Waals surface area (Å²) in [6.07, 6.45) is 5.70. The maximum atomic E-state index is 5.90. The van der Waals surface area contributed by atoms with Gasteiger partial charge in [0.05, 0.1) is 23.4 Å². The number of ether oxygens (including phenoxy) is 1. The molecule has 1 fully saturated rings. The van der Waals surface area contributed by atoms with Crippen molar-refractivity contribution in [3.8, 4) is 0 Å². The average Bonchev–Trinajstić information content (AvgIpc) is 3.17. The normalized spacial score (nSPS) is 16.2. The molecule has 3 aromatic heterocycles. The van der Waals surface area contributed by atoms with Crippen LogP contribution in [0, 0.1) is 0 Å². The van der Waals surface area contributed by atoms with Gasteiger partial charge >= 0.3 is 0 Å². The van der Waals surface area contributed by atoms with Gasteiger partial charge in [0.15, 0.2) is 10.6 Å². The molecule has 0 unspecified atom stereocenters. The molecular formula is C13H15N7OS. The number of aromatic nitrogens is 5. The Morgan fingerprint density at radius 3 is 3.05 bits per heavy atom. The Labute approximate surface area is 130 Å². The first-order valence-electron chi connectivity index (χ1n) is 7.05. The van der Waals surface area contributed by atoms with Gasteiger partial charge in [-0.05, 0) is 12.8 Å². The number of hydrogen-bond donors (Lipinski definition) is 2. The van der Waals surface area contributed by atoms with E-state index in [-0.39, 0.29) is 0 Å². The van der Waals surface area contributed by atoms with Crippen LogP contribution >= 0.6 is 11.3 Å². The fourth-order valence-electron chi connectivity index (χ4n) is 2.52. The molecule has 0 aromatic carbocycles. The maximum absolute atomic E-state index is 5.90. The number of hydrogen-bond acceptors (Lipinski definition) is 8. The highest BCUT2D eigenvalue weighted by Gasteiger charge is 2.17. The molecular weight excluding hydrogens is 302 g/mol. The first-order chi connectivity index (χ1) is 10.8. The predicted molar refractivity (Wildman–Crippen MR) is 84.2 cm³/mol. The number of anilines is 3. The molecule has 0 radical (unpaired) electrons. The van der Waals surface area contributed by atoms with Crippen LogP contribution < -0.4 is 11.1 Å². The van der Waals surface area contributed by atoms with Crippen molar-refractivity contribution in [3.05, 3.63) is 17.9 Å². The van der Waals surface area contributed by atoms with Crippen molar-refractivity contribution in [2.45, 2.75) is 18.9 Å². The summed E-state index contributed by atoms with van der Waals surface area (Å²) < 4.78 is 7.35. The summed E-state index contributed by atoms with van der Waals surface area (Å²) in [6.45, 7) is 1.57. The summed E-state index contributed by atoms with van der Waals surface area (Å²) in [4.78, 5) is 13.6. The van der Waals surface area contributed by atoms with Gasteiger partial charge in [-0.25, -0.2) is 4.98 Å². The monoisotopic (exact) mass is 317 g/mol. The number of nitrogen functional groups attached to an aromatic ring is 1. The lowest BCUT2D eigenvalue weighted by atomic mass is 10.1. The lowest BCUT2D eigenvalue weighted by Gasteiger charge is -2.22. The largest absolute Gasteiger partial charge is 0.382 e. The zero-order chi connectivity index (χ0) is 14.9. The molecule has 0 aliphatic carbocycles. The molecule has 4 heterocycles. The van der Waals surface area contributed by atoms with E-state index in [1.165, 1.54) is 11.3 Å². The van der Waals surface area contributed by atoms with Gasteiger partial charge in [0, 0.05) is 19.4 Å². The molecule has 0 amide bonds. The molecule has 1 aliphatic rings. The molecule has 3 aromatic rings. The van der Waals surface area contributed by atoms with Crippen molar-refractivity contribution in [2.75, 3.05) is 24.3 Å². The van der Waals surface area contributed by atoms with Gasteiger partial charge in [-0.3, -0.25) is 4.68 Å².